The SMILES string of the molecule is N#Cc1cc(-c2ncnc3c2ccn3SF)c[nH]1. The van der Waals surface area contributed by atoms with Crippen LogP contribution in [0, 0.1) is 11.3 Å². The molecule has 0 fully saturated rings. The summed E-state index contributed by atoms with van der Waals surface area (Å²) in [7, 11) is 0. The van der Waals surface area contributed by atoms with E-state index in [9.17, 15) is 3.89 Å². The maximum Gasteiger partial charge on any atom is 0.171 e. The van der Waals surface area contributed by atoms with Crippen molar-refractivity contribution in [2.24, 2.45) is 0 Å². The van der Waals surface area contributed by atoms with Gasteiger partial charge in [0.05, 0.1) is 5.69 Å². The first-order valence-corrected chi connectivity index (χ1v) is 5.71. The highest BCUT2D eigenvalue weighted by Crippen LogP contribution is 2.28. The van der Waals surface area contributed by atoms with Crippen LogP contribution in [-0.4, -0.2) is 18.9 Å². The molecule has 1 N–H and O–H groups in total. The summed E-state index contributed by atoms with van der Waals surface area (Å²) in [5.41, 5.74) is 2.41. The maximum atomic E-state index is 12.7. The van der Waals surface area contributed by atoms with Gasteiger partial charge in [0, 0.05) is 23.3 Å². The van der Waals surface area contributed by atoms with Crippen molar-refractivity contribution >= 4 is 23.4 Å². The average molecular weight is 259 g/mol. The van der Waals surface area contributed by atoms with E-state index < -0.39 is 0 Å². The Morgan fingerprint density at radius 1 is 1.44 bits per heavy atom. The highest BCUT2D eigenvalue weighted by atomic mass is 32.2. The van der Waals surface area contributed by atoms with Crippen LogP contribution in [0.4, 0.5) is 3.89 Å². The Kier molecular flexibility index (Phi) is 2.50. The Bertz CT molecular complexity index is 754. The zero-order valence-corrected chi connectivity index (χ0v) is 9.78. The molecular weight excluding hydrogens is 253 g/mol. The Morgan fingerprint density at radius 2 is 2.33 bits per heavy atom. The van der Waals surface area contributed by atoms with Gasteiger partial charge in [0.25, 0.3) is 0 Å². The molecule has 3 aromatic rings. The summed E-state index contributed by atoms with van der Waals surface area (Å²) in [5.74, 6) is 0. The number of halogens is 1. The smallest absolute Gasteiger partial charge is 0.171 e. The third kappa shape index (κ3) is 1.55. The molecular formula is C11H6FN5S. The van der Waals surface area contributed by atoms with Crippen LogP contribution in [0.5, 0.6) is 0 Å². The summed E-state index contributed by atoms with van der Waals surface area (Å²) in [6.45, 7) is 0. The molecule has 5 nitrogen and oxygen atoms in total. The number of nitriles is 1. The van der Waals surface area contributed by atoms with Crippen molar-refractivity contribution in [2.45, 2.75) is 0 Å². The Balaban J connectivity index is 2.23. The van der Waals surface area contributed by atoms with Crippen LogP contribution >= 0.6 is 12.3 Å². The first-order valence-electron chi connectivity index (χ1n) is 5.03. The van der Waals surface area contributed by atoms with Crippen molar-refractivity contribution in [3.63, 3.8) is 0 Å². The topological polar surface area (TPSA) is 70.3 Å². The molecule has 0 aliphatic rings. The van der Waals surface area contributed by atoms with Crippen LogP contribution in [0.15, 0.2) is 30.9 Å². The minimum absolute atomic E-state index is 0.0848. The number of aromatic amines is 1. The molecule has 0 aliphatic heterocycles. The number of hydrogen-bond donors (Lipinski definition) is 1. The first-order chi connectivity index (χ1) is 8.83. The lowest BCUT2D eigenvalue weighted by Gasteiger charge is -1.99. The molecule has 18 heavy (non-hydrogen) atoms. The molecule has 0 aromatic carbocycles. The lowest BCUT2D eigenvalue weighted by Crippen LogP contribution is -1.88. The number of H-pyrrole nitrogens is 1. The molecule has 0 unspecified atom stereocenters. The van der Waals surface area contributed by atoms with Crippen molar-refractivity contribution in [3.05, 3.63) is 36.5 Å². The quantitative estimate of drug-likeness (QED) is 0.768. The van der Waals surface area contributed by atoms with Gasteiger partial charge in [0.1, 0.15) is 18.1 Å². The molecule has 3 aromatic heterocycles. The lowest BCUT2D eigenvalue weighted by molar-refractivity contribution is 0.919. The molecule has 0 atom stereocenters. The van der Waals surface area contributed by atoms with Crippen LogP contribution in [0.3, 0.4) is 0 Å². The van der Waals surface area contributed by atoms with E-state index in [0.29, 0.717) is 17.0 Å². The zero-order chi connectivity index (χ0) is 12.5. The van der Waals surface area contributed by atoms with E-state index >= 15 is 0 Å². The molecule has 0 amide bonds. The van der Waals surface area contributed by atoms with Gasteiger partial charge in [-0.2, -0.15) is 5.26 Å². The lowest BCUT2D eigenvalue weighted by atomic mass is 10.1. The number of fused-ring (bicyclic) bond motifs is 1. The number of nitrogens with zero attached hydrogens (tertiary/aromatic N) is 4. The summed E-state index contributed by atoms with van der Waals surface area (Å²) in [5, 5.41) is 9.52. The molecule has 3 heterocycles. The largest absolute Gasteiger partial charge is 0.352 e. The van der Waals surface area contributed by atoms with Gasteiger partial charge in [-0.3, -0.25) is 0 Å². The van der Waals surface area contributed by atoms with Crippen LogP contribution < -0.4 is 0 Å². The van der Waals surface area contributed by atoms with Crippen molar-refractivity contribution < 1.29 is 3.89 Å². The van der Waals surface area contributed by atoms with E-state index in [-0.39, 0.29) is 12.3 Å². The predicted octanol–water partition coefficient (Wildman–Crippen LogP) is 2.68. The van der Waals surface area contributed by atoms with E-state index in [1.54, 1.807) is 24.5 Å². The summed E-state index contributed by atoms with van der Waals surface area (Å²) in [4.78, 5) is 11.1. The van der Waals surface area contributed by atoms with Crippen molar-refractivity contribution in [3.8, 4) is 17.3 Å². The minimum atomic E-state index is 0.0848. The summed E-state index contributed by atoms with van der Waals surface area (Å²) in [6, 6.07) is 5.46. The van der Waals surface area contributed by atoms with Gasteiger partial charge < -0.3 is 4.98 Å². The van der Waals surface area contributed by atoms with Crippen LogP contribution in [-0.2, 0) is 0 Å². The molecule has 0 saturated heterocycles. The van der Waals surface area contributed by atoms with Crippen molar-refractivity contribution in [1.82, 2.24) is 18.9 Å². The van der Waals surface area contributed by atoms with Gasteiger partial charge in [-0.05, 0) is 12.1 Å². The fourth-order valence-corrected chi connectivity index (χ4v) is 2.13. The molecule has 7 heteroatoms. The molecule has 0 spiro atoms. The van der Waals surface area contributed by atoms with Gasteiger partial charge in [-0.25, -0.2) is 13.9 Å². The molecule has 0 radical (unpaired) electrons. The standard InChI is InChI=1S/C11H6FN5S/c12-18-17-2-1-9-10(15-6-16-11(9)17)7-3-8(4-13)14-5-7/h1-3,5-6,14H. The zero-order valence-electron chi connectivity index (χ0n) is 8.96. The highest BCUT2D eigenvalue weighted by Gasteiger charge is 2.11. The molecule has 0 bridgehead atoms. The third-order valence-electron chi connectivity index (χ3n) is 2.60. The van der Waals surface area contributed by atoms with E-state index in [1.807, 2.05) is 6.07 Å². The monoisotopic (exact) mass is 259 g/mol. The van der Waals surface area contributed by atoms with Crippen molar-refractivity contribution in [1.29, 1.82) is 5.26 Å². The Labute approximate surface area is 106 Å². The van der Waals surface area contributed by atoms with Gasteiger partial charge in [0.2, 0.25) is 0 Å². The van der Waals surface area contributed by atoms with E-state index in [1.165, 1.54) is 10.3 Å². The summed E-state index contributed by atoms with van der Waals surface area (Å²) >= 11 is 0.0848. The number of aromatic nitrogens is 4. The second kappa shape index (κ2) is 4.16. The number of nitrogens with one attached hydrogen (secondary N) is 1. The minimum Gasteiger partial charge on any atom is -0.352 e. The summed E-state index contributed by atoms with van der Waals surface area (Å²) in [6.07, 6.45) is 4.66. The number of rotatable bonds is 2. The second-order valence-electron chi connectivity index (χ2n) is 3.58. The predicted molar refractivity (Wildman–Crippen MR) is 66.1 cm³/mol. The molecule has 0 aliphatic carbocycles. The average Bonchev–Trinajstić information content (AvgIpc) is 3.04. The normalized spacial score (nSPS) is 10.7. The van der Waals surface area contributed by atoms with Gasteiger partial charge in [0.15, 0.2) is 18.0 Å². The highest BCUT2D eigenvalue weighted by molar-refractivity contribution is 7.92. The van der Waals surface area contributed by atoms with Gasteiger partial charge in [-0.1, -0.05) is 0 Å². The van der Waals surface area contributed by atoms with Crippen molar-refractivity contribution in [2.75, 3.05) is 0 Å². The molecule has 0 saturated carbocycles. The fraction of sp³-hybridized carbons (Fsp3) is 0. The maximum absolute atomic E-state index is 12.7. The Morgan fingerprint density at radius 3 is 3.06 bits per heavy atom. The van der Waals surface area contributed by atoms with E-state index in [4.69, 9.17) is 5.26 Å². The van der Waals surface area contributed by atoms with Crippen LogP contribution in [0.2, 0.25) is 0 Å². The summed E-state index contributed by atoms with van der Waals surface area (Å²) < 4.78 is 14.0. The third-order valence-corrected chi connectivity index (χ3v) is 3.04. The van der Waals surface area contributed by atoms with E-state index in [2.05, 4.69) is 15.0 Å². The fourth-order valence-electron chi connectivity index (χ4n) is 1.81. The molecule has 3 rings (SSSR count). The van der Waals surface area contributed by atoms with Gasteiger partial charge in [-0.15, -0.1) is 3.89 Å². The second-order valence-corrected chi connectivity index (χ2v) is 4.12. The number of hydrogen-bond acceptors (Lipinski definition) is 4. The van der Waals surface area contributed by atoms with Crippen LogP contribution in [0.25, 0.3) is 22.3 Å². The van der Waals surface area contributed by atoms with E-state index in [0.717, 1.165) is 10.9 Å². The van der Waals surface area contributed by atoms with Gasteiger partial charge >= 0.3 is 0 Å². The first kappa shape index (κ1) is 10.8. The Hall–Kier alpha value is -2.33. The van der Waals surface area contributed by atoms with Crippen LogP contribution in [0.1, 0.15) is 5.69 Å². The molecule has 88 valence electrons.